The Kier molecular flexibility index (Phi) is 7.49. The first-order valence-corrected chi connectivity index (χ1v) is 8.45. The average Bonchev–Trinajstić information content (AvgIpc) is 2.66. The van der Waals surface area contributed by atoms with E-state index in [4.69, 9.17) is 9.47 Å². The highest BCUT2D eigenvalue weighted by atomic mass is 19.1. The molecule has 1 amide bonds. The van der Waals surface area contributed by atoms with Gasteiger partial charge in [-0.2, -0.15) is 0 Å². The highest BCUT2D eigenvalue weighted by molar-refractivity contribution is 5.98. The number of anilines is 1. The van der Waals surface area contributed by atoms with E-state index in [-0.39, 0.29) is 11.7 Å². The molecule has 0 aliphatic heterocycles. The van der Waals surface area contributed by atoms with E-state index >= 15 is 0 Å². The summed E-state index contributed by atoms with van der Waals surface area (Å²) in [5.41, 5.74) is 0.923. The molecular formula is C20H20FNO5. The van der Waals surface area contributed by atoms with Gasteiger partial charge in [0.2, 0.25) is 5.91 Å². The Morgan fingerprint density at radius 3 is 2.37 bits per heavy atom. The summed E-state index contributed by atoms with van der Waals surface area (Å²) in [7, 11) is 0. The molecule has 0 aromatic heterocycles. The number of para-hydroxylation sites is 1. The van der Waals surface area contributed by atoms with Crippen LogP contribution in [0.4, 0.5) is 10.1 Å². The standard InChI is InChI=1S/C20H20FNO5/c1-2-5-19(24)22-15-10-8-14(9-11-15)17(23)12-27-20(25)13-26-18-7-4-3-6-16(18)21/h3-4,6-11H,2,5,12-13H2,1H3,(H,22,24). The van der Waals surface area contributed by atoms with E-state index < -0.39 is 30.8 Å². The van der Waals surface area contributed by atoms with Gasteiger partial charge < -0.3 is 14.8 Å². The maximum atomic E-state index is 13.4. The minimum atomic E-state index is -0.782. The van der Waals surface area contributed by atoms with Crippen molar-refractivity contribution < 1.29 is 28.2 Å². The SMILES string of the molecule is CCCC(=O)Nc1ccc(C(=O)COC(=O)COc2ccccc2F)cc1. The van der Waals surface area contributed by atoms with Crippen LogP contribution in [0.1, 0.15) is 30.1 Å². The monoisotopic (exact) mass is 373 g/mol. The second-order valence-corrected chi connectivity index (χ2v) is 5.68. The number of nitrogens with one attached hydrogen (secondary N) is 1. The summed E-state index contributed by atoms with van der Waals surface area (Å²) in [4.78, 5) is 35.2. The van der Waals surface area contributed by atoms with Crippen molar-refractivity contribution in [1.29, 1.82) is 0 Å². The molecule has 2 aromatic carbocycles. The van der Waals surface area contributed by atoms with Crippen LogP contribution in [0.3, 0.4) is 0 Å². The number of Topliss-reactive ketones (excluding diaryl/α,β-unsaturated/α-hetero) is 1. The van der Waals surface area contributed by atoms with Crippen molar-refractivity contribution in [2.75, 3.05) is 18.5 Å². The topological polar surface area (TPSA) is 81.7 Å². The third kappa shape index (κ3) is 6.54. The zero-order valence-electron chi connectivity index (χ0n) is 14.9. The molecule has 0 fully saturated rings. The molecule has 0 aliphatic carbocycles. The largest absolute Gasteiger partial charge is 0.479 e. The van der Waals surface area contributed by atoms with Gasteiger partial charge in [0.15, 0.2) is 30.6 Å². The lowest BCUT2D eigenvalue weighted by molar-refractivity contribution is -0.144. The number of esters is 1. The zero-order chi connectivity index (χ0) is 19.6. The van der Waals surface area contributed by atoms with Crippen LogP contribution in [0.15, 0.2) is 48.5 Å². The van der Waals surface area contributed by atoms with E-state index in [1.165, 1.54) is 30.3 Å². The molecule has 0 saturated carbocycles. The molecule has 2 aromatic rings. The Morgan fingerprint density at radius 2 is 1.70 bits per heavy atom. The summed E-state index contributed by atoms with van der Waals surface area (Å²) < 4.78 is 23.2. The Morgan fingerprint density at radius 1 is 1.00 bits per heavy atom. The van der Waals surface area contributed by atoms with Gasteiger partial charge in [-0.05, 0) is 42.8 Å². The number of carbonyl (C=O) groups is 3. The number of halogens is 1. The molecular weight excluding hydrogens is 353 g/mol. The van der Waals surface area contributed by atoms with Crippen LogP contribution >= 0.6 is 0 Å². The van der Waals surface area contributed by atoms with Crippen molar-refractivity contribution in [2.24, 2.45) is 0 Å². The maximum Gasteiger partial charge on any atom is 0.344 e. The molecule has 142 valence electrons. The third-order valence-electron chi connectivity index (χ3n) is 3.51. The van der Waals surface area contributed by atoms with E-state index in [9.17, 15) is 18.8 Å². The van der Waals surface area contributed by atoms with Crippen molar-refractivity contribution >= 4 is 23.3 Å². The molecule has 0 heterocycles. The molecule has 0 bridgehead atoms. The number of ketones is 1. The minimum absolute atomic E-state index is 0.0681. The highest BCUT2D eigenvalue weighted by Crippen LogP contribution is 2.15. The smallest absolute Gasteiger partial charge is 0.344 e. The molecule has 0 atom stereocenters. The molecule has 7 heteroatoms. The summed E-state index contributed by atoms with van der Waals surface area (Å²) >= 11 is 0. The first-order valence-electron chi connectivity index (χ1n) is 8.45. The van der Waals surface area contributed by atoms with Gasteiger partial charge in [0.25, 0.3) is 0 Å². The molecule has 2 rings (SSSR count). The Hall–Kier alpha value is -3.22. The first-order chi connectivity index (χ1) is 13.0. The van der Waals surface area contributed by atoms with Crippen molar-refractivity contribution in [2.45, 2.75) is 19.8 Å². The van der Waals surface area contributed by atoms with E-state index in [1.54, 1.807) is 18.2 Å². The van der Waals surface area contributed by atoms with Crippen LogP contribution in [-0.4, -0.2) is 30.9 Å². The lowest BCUT2D eigenvalue weighted by Gasteiger charge is -2.08. The van der Waals surface area contributed by atoms with Crippen LogP contribution in [0.25, 0.3) is 0 Å². The number of hydrogen-bond donors (Lipinski definition) is 1. The van der Waals surface area contributed by atoms with Gasteiger partial charge >= 0.3 is 5.97 Å². The molecule has 1 N–H and O–H groups in total. The summed E-state index contributed by atoms with van der Waals surface area (Å²) in [6.07, 6.45) is 1.17. The van der Waals surface area contributed by atoms with Gasteiger partial charge in [-0.3, -0.25) is 9.59 Å². The fourth-order valence-corrected chi connectivity index (χ4v) is 2.16. The average molecular weight is 373 g/mol. The Bertz CT molecular complexity index is 804. The number of ether oxygens (including phenoxy) is 2. The normalized spacial score (nSPS) is 10.1. The zero-order valence-corrected chi connectivity index (χ0v) is 14.9. The molecule has 0 spiro atoms. The molecule has 0 unspecified atom stereocenters. The highest BCUT2D eigenvalue weighted by Gasteiger charge is 2.12. The van der Waals surface area contributed by atoms with Gasteiger partial charge in [-0.1, -0.05) is 19.1 Å². The fraction of sp³-hybridized carbons (Fsp3) is 0.250. The third-order valence-corrected chi connectivity index (χ3v) is 3.51. The first kappa shape index (κ1) is 20.1. The summed E-state index contributed by atoms with van der Waals surface area (Å²) in [5, 5.41) is 2.71. The van der Waals surface area contributed by atoms with Gasteiger partial charge in [-0.25, -0.2) is 9.18 Å². The number of benzene rings is 2. The van der Waals surface area contributed by atoms with Gasteiger partial charge in [0.1, 0.15) is 0 Å². The van der Waals surface area contributed by atoms with Crippen molar-refractivity contribution in [3.8, 4) is 5.75 Å². The number of hydrogen-bond acceptors (Lipinski definition) is 5. The molecule has 6 nitrogen and oxygen atoms in total. The van der Waals surface area contributed by atoms with E-state index in [0.717, 1.165) is 6.42 Å². The van der Waals surface area contributed by atoms with E-state index in [0.29, 0.717) is 17.7 Å². The van der Waals surface area contributed by atoms with Crippen molar-refractivity contribution in [1.82, 2.24) is 0 Å². The van der Waals surface area contributed by atoms with Crippen LogP contribution < -0.4 is 10.1 Å². The van der Waals surface area contributed by atoms with Gasteiger partial charge in [0, 0.05) is 17.7 Å². The van der Waals surface area contributed by atoms with Crippen molar-refractivity contribution in [3.05, 3.63) is 59.9 Å². The quantitative estimate of drug-likeness (QED) is 0.538. The number of carbonyl (C=O) groups excluding carboxylic acids is 3. The predicted molar refractivity (Wildman–Crippen MR) is 97.2 cm³/mol. The lowest BCUT2D eigenvalue weighted by Crippen LogP contribution is -2.19. The number of rotatable bonds is 9. The van der Waals surface area contributed by atoms with Crippen LogP contribution in [0.2, 0.25) is 0 Å². The van der Waals surface area contributed by atoms with E-state index in [2.05, 4.69) is 5.32 Å². The lowest BCUT2D eigenvalue weighted by atomic mass is 10.1. The second kappa shape index (κ2) is 10.1. The molecule has 0 saturated heterocycles. The van der Waals surface area contributed by atoms with Crippen LogP contribution in [-0.2, 0) is 14.3 Å². The predicted octanol–water partition coefficient (Wildman–Crippen LogP) is 3.37. The summed E-state index contributed by atoms with van der Waals surface area (Å²) in [5.74, 6) is -1.94. The Balaban J connectivity index is 1.78. The molecule has 27 heavy (non-hydrogen) atoms. The molecule has 0 radical (unpaired) electrons. The maximum absolute atomic E-state index is 13.4. The van der Waals surface area contributed by atoms with Crippen molar-refractivity contribution in [3.63, 3.8) is 0 Å². The van der Waals surface area contributed by atoms with Crippen LogP contribution in [0.5, 0.6) is 5.75 Å². The molecule has 0 aliphatic rings. The fourth-order valence-electron chi connectivity index (χ4n) is 2.16. The second-order valence-electron chi connectivity index (χ2n) is 5.68. The summed E-state index contributed by atoms with van der Waals surface area (Å²) in [6, 6.07) is 11.9. The van der Waals surface area contributed by atoms with Gasteiger partial charge in [-0.15, -0.1) is 0 Å². The minimum Gasteiger partial charge on any atom is -0.479 e. The van der Waals surface area contributed by atoms with Crippen LogP contribution in [0, 0.1) is 5.82 Å². The van der Waals surface area contributed by atoms with E-state index in [1.807, 2.05) is 6.92 Å². The summed E-state index contributed by atoms with van der Waals surface area (Å²) in [6.45, 7) is 0.946. The van der Waals surface area contributed by atoms with Gasteiger partial charge in [0.05, 0.1) is 0 Å². The number of amides is 1. The Labute approximate surface area is 156 Å².